The SMILES string of the molecule is CC[C@@H](C(=O)NCc1ccc(-c2ccoc2)nc1)c1ccccc1. The largest absolute Gasteiger partial charge is 0.472 e. The van der Waals surface area contributed by atoms with Crippen LogP contribution in [0.15, 0.2) is 71.7 Å². The van der Waals surface area contributed by atoms with Gasteiger partial charge in [-0.1, -0.05) is 43.3 Å². The zero-order valence-electron chi connectivity index (χ0n) is 13.6. The number of amides is 1. The van der Waals surface area contributed by atoms with Crippen LogP contribution in [0.5, 0.6) is 0 Å². The number of benzene rings is 1. The predicted molar refractivity (Wildman–Crippen MR) is 93.3 cm³/mol. The van der Waals surface area contributed by atoms with Gasteiger partial charge in [-0.15, -0.1) is 0 Å². The molecular weight excluding hydrogens is 300 g/mol. The Labute approximate surface area is 141 Å². The van der Waals surface area contributed by atoms with E-state index in [4.69, 9.17) is 4.42 Å². The maximum absolute atomic E-state index is 12.5. The summed E-state index contributed by atoms with van der Waals surface area (Å²) in [6.45, 7) is 2.50. The molecule has 2 heterocycles. The van der Waals surface area contributed by atoms with Gasteiger partial charge in [0, 0.05) is 18.3 Å². The Morgan fingerprint density at radius 1 is 1.17 bits per heavy atom. The number of hydrogen-bond donors (Lipinski definition) is 1. The van der Waals surface area contributed by atoms with Crippen molar-refractivity contribution in [3.63, 3.8) is 0 Å². The third kappa shape index (κ3) is 3.71. The molecule has 2 aromatic heterocycles. The van der Waals surface area contributed by atoms with E-state index in [2.05, 4.69) is 10.3 Å². The van der Waals surface area contributed by atoms with Crippen LogP contribution < -0.4 is 5.32 Å². The summed E-state index contributed by atoms with van der Waals surface area (Å²) in [6.07, 6.45) is 5.84. The van der Waals surface area contributed by atoms with Gasteiger partial charge in [-0.25, -0.2) is 0 Å². The van der Waals surface area contributed by atoms with Crippen molar-refractivity contribution in [1.29, 1.82) is 0 Å². The van der Waals surface area contributed by atoms with Gasteiger partial charge in [0.25, 0.3) is 0 Å². The van der Waals surface area contributed by atoms with Crippen molar-refractivity contribution in [2.24, 2.45) is 0 Å². The maximum atomic E-state index is 12.5. The molecule has 3 rings (SSSR count). The van der Waals surface area contributed by atoms with E-state index in [9.17, 15) is 4.79 Å². The number of carbonyl (C=O) groups excluding carboxylic acids is 1. The third-order valence-electron chi connectivity index (χ3n) is 4.04. The van der Waals surface area contributed by atoms with Gasteiger partial charge in [0.2, 0.25) is 5.91 Å². The quantitative estimate of drug-likeness (QED) is 0.742. The first-order chi connectivity index (χ1) is 11.8. The molecule has 3 aromatic rings. The van der Waals surface area contributed by atoms with E-state index < -0.39 is 0 Å². The van der Waals surface area contributed by atoms with E-state index in [1.807, 2.05) is 55.5 Å². The number of carbonyl (C=O) groups is 1. The first kappa shape index (κ1) is 16.0. The molecular formula is C20H20N2O2. The molecule has 0 aliphatic rings. The van der Waals surface area contributed by atoms with Crippen LogP contribution in [0.2, 0.25) is 0 Å². The highest BCUT2D eigenvalue weighted by atomic mass is 16.3. The van der Waals surface area contributed by atoms with Gasteiger partial charge in [-0.3, -0.25) is 9.78 Å². The van der Waals surface area contributed by atoms with Gasteiger partial charge >= 0.3 is 0 Å². The van der Waals surface area contributed by atoms with E-state index >= 15 is 0 Å². The minimum absolute atomic E-state index is 0.0441. The minimum Gasteiger partial charge on any atom is -0.472 e. The van der Waals surface area contributed by atoms with Crippen molar-refractivity contribution < 1.29 is 9.21 Å². The summed E-state index contributed by atoms with van der Waals surface area (Å²) in [4.78, 5) is 16.9. The summed E-state index contributed by atoms with van der Waals surface area (Å²) in [5.41, 5.74) is 3.82. The standard InChI is InChI=1S/C20H20N2O2/c1-2-18(16-6-4-3-5-7-16)20(23)22-13-15-8-9-19(21-12-15)17-10-11-24-14-17/h3-12,14,18H,2,13H2,1H3,(H,22,23)/t18-/m1/s1. The monoisotopic (exact) mass is 320 g/mol. The molecule has 0 unspecified atom stereocenters. The number of furan rings is 1. The summed E-state index contributed by atoms with van der Waals surface area (Å²) in [5, 5.41) is 3.01. The number of rotatable bonds is 6. The number of aromatic nitrogens is 1. The first-order valence-corrected chi connectivity index (χ1v) is 8.08. The van der Waals surface area contributed by atoms with Gasteiger partial charge in [0.1, 0.15) is 0 Å². The average Bonchev–Trinajstić information content (AvgIpc) is 3.17. The molecule has 0 fully saturated rings. The predicted octanol–water partition coefficient (Wildman–Crippen LogP) is 4.15. The lowest BCUT2D eigenvalue weighted by Gasteiger charge is -2.15. The van der Waals surface area contributed by atoms with E-state index in [1.54, 1.807) is 18.7 Å². The second kappa shape index (κ2) is 7.59. The zero-order valence-corrected chi connectivity index (χ0v) is 13.6. The Morgan fingerprint density at radius 3 is 2.62 bits per heavy atom. The van der Waals surface area contributed by atoms with Gasteiger partial charge in [0.05, 0.1) is 24.1 Å². The molecule has 0 radical (unpaired) electrons. The van der Waals surface area contributed by atoms with Crippen molar-refractivity contribution in [1.82, 2.24) is 10.3 Å². The average molecular weight is 320 g/mol. The molecule has 4 nitrogen and oxygen atoms in total. The molecule has 0 saturated carbocycles. The topological polar surface area (TPSA) is 55.1 Å². The van der Waals surface area contributed by atoms with Crippen LogP contribution in [-0.2, 0) is 11.3 Å². The van der Waals surface area contributed by atoms with Gasteiger partial charge in [0.15, 0.2) is 0 Å². The summed E-state index contributed by atoms with van der Waals surface area (Å²) in [6, 6.07) is 15.6. The lowest BCUT2D eigenvalue weighted by molar-refractivity contribution is -0.122. The smallest absolute Gasteiger partial charge is 0.227 e. The fraction of sp³-hybridized carbons (Fsp3) is 0.200. The van der Waals surface area contributed by atoms with Crippen molar-refractivity contribution >= 4 is 5.91 Å². The van der Waals surface area contributed by atoms with Crippen LogP contribution in [0.1, 0.15) is 30.4 Å². The zero-order chi connectivity index (χ0) is 16.8. The Bertz CT molecular complexity index is 765. The Morgan fingerprint density at radius 2 is 2.00 bits per heavy atom. The molecule has 4 heteroatoms. The highest BCUT2D eigenvalue weighted by molar-refractivity contribution is 5.83. The molecule has 1 atom stereocenters. The van der Waals surface area contributed by atoms with Gasteiger partial charge in [-0.05, 0) is 29.7 Å². The molecule has 0 bridgehead atoms. The molecule has 0 spiro atoms. The van der Waals surface area contributed by atoms with Crippen LogP contribution in [0, 0.1) is 0 Å². The fourth-order valence-electron chi connectivity index (χ4n) is 2.68. The lowest BCUT2D eigenvalue weighted by atomic mass is 9.95. The highest BCUT2D eigenvalue weighted by Crippen LogP contribution is 2.20. The molecule has 24 heavy (non-hydrogen) atoms. The van der Waals surface area contributed by atoms with Crippen molar-refractivity contribution in [3.05, 3.63) is 78.4 Å². The van der Waals surface area contributed by atoms with Crippen molar-refractivity contribution in [3.8, 4) is 11.3 Å². The normalized spacial score (nSPS) is 11.9. The van der Waals surface area contributed by atoms with Crippen LogP contribution in [0.3, 0.4) is 0 Å². The molecule has 122 valence electrons. The molecule has 1 N–H and O–H groups in total. The van der Waals surface area contributed by atoms with Crippen LogP contribution in [0.25, 0.3) is 11.3 Å². The van der Waals surface area contributed by atoms with Crippen LogP contribution in [-0.4, -0.2) is 10.9 Å². The van der Waals surface area contributed by atoms with Crippen molar-refractivity contribution in [2.75, 3.05) is 0 Å². The molecule has 0 aliphatic carbocycles. The highest BCUT2D eigenvalue weighted by Gasteiger charge is 2.17. The second-order valence-corrected chi connectivity index (χ2v) is 5.65. The molecule has 0 saturated heterocycles. The van der Waals surface area contributed by atoms with E-state index in [1.165, 1.54) is 0 Å². The number of hydrogen-bond acceptors (Lipinski definition) is 3. The summed E-state index contributed by atoms with van der Waals surface area (Å²) < 4.78 is 5.06. The Hall–Kier alpha value is -2.88. The molecule has 1 amide bonds. The second-order valence-electron chi connectivity index (χ2n) is 5.65. The van der Waals surface area contributed by atoms with Gasteiger partial charge in [-0.2, -0.15) is 0 Å². The lowest BCUT2D eigenvalue weighted by Crippen LogP contribution is -2.28. The summed E-state index contributed by atoms with van der Waals surface area (Å²) in [7, 11) is 0. The minimum atomic E-state index is -0.121. The maximum Gasteiger partial charge on any atom is 0.227 e. The summed E-state index contributed by atoms with van der Waals surface area (Å²) >= 11 is 0. The molecule has 0 aliphatic heterocycles. The fourth-order valence-corrected chi connectivity index (χ4v) is 2.68. The number of nitrogens with one attached hydrogen (secondary N) is 1. The van der Waals surface area contributed by atoms with E-state index in [0.717, 1.165) is 28.8 Å². The third-order valence-corrected chi connectivity index (χ3v) is 4.04. The first-order valence-electron chi connectivity index (χ1n) is 8.08. The summed E-state index contributed by atoms with van der Waals surface area (Å²) in [5.74, 6) is -0.0769. The number of pyridine rings is 1. The Kier molecular flexibility index (Phi) is 5.06. The van der Waals surface area contributed by atoms with E-state index in [-0.39, 0.29) is 11.8 Å². The molecule has 1 aromatic carbocycles. The number of nitrogens with zero attached hydrogens (tertiary/aromatic N) is 1. The van der Waals surface area contributed by atoms with Crippen LogP contribution >= 0.6 is 0 Å². The Balaban J connectivity index is 1.61. The van der Waals surface area contributed by atoms with Crippen molar-refractivity contribution in [2.45, 2.75) is 25.8 Å². The van der Waals surface area contributed by atoms with Gasteiger partial charge < -0.3 is 9.73 Å². The van der Waals surface area contributed by atoms with Crippen LogP contribution in [0.4, 0.5) is 0 Å². The van der Waals surface area contributed by atoms with E-state index in [0.29, 0.717) is 6.54 Å².